The number of aryl methyl sites for hydroxylation is 1. The molecule has 1 aromatic heterocycles. The molecule has 0 aliphatic heterocycles. The van der Waals surface area contributed by atoms with Crippen LogP contribution in [0.3, 0.4) is 0 Å². The lowest BCUT2D eigenvalue weighted by atomic mass is 10.00. The van der Waals surface area contributed by atoms with E-state index in [0.29, 0.717) is 0 Å². The van der Waals surface area contributed by atoms with E-state index in [-0.39, 0.29) is 16.9 Å². The Kier molecular flexibility index (Phi) is 3.46. The summed E-state index contributed by atoms with van der Waals surface area (Å²) < 4.78 is 0. The summed E-state index contributed by atoms with van der Waals surface area (Å²) in [6.45, 7) is 1.44. The van der Waals surface area contributed by atoms with Crippen molar-refractivity contribution in [1.29, 1.82) is 0 Å². The van der Waals surface area contributed by atoms with Gasteiger partial charge in [0.2, 0.25) is 0 Å². The van der Waals surface area contributed by atoms with Crippen molar-refractivity contribution in [2.45, 2.75) is 19.3 Å². The summed E-state index contributed by atoms with van der Waals surface area (Å²) in [4.78, 5) is 33.9. The maximum absolute atomic E-state index is 10.9. The normalized spacial score (nSPS) is 12.1. The Bertz CT molecular complexity index is 478. The first kappa shape index (κ1) is 12.7. The number of aliphatic carboxylic acids is 2. The number of carboxylic acids is 2. The van der Waals surface area contributed by atoms with Gasteiger partial charge in [0, 0.05) is 11.8 Å². The smallest absolute Gasteiger partial charge is 0.313 e. The quantitative estimate of drug-likeness (QED) is 0.518. The summed E-state index contributed by atoms with van der Waals surface area (Å²) in [5.74, 6) is -4.21. The van der Waals surface area contributed by atoms with Gasteiger partial charge in [-0.15, -0.1) is 0 Å². The lowest BCUT2D eigenvalue weighted by Gasteiger charge is -2.07. The summed E-state index contributed by atoms with van der Waals surface area (Å²) >= 11 is 0. The first-order valence-corrected chi connectivity index (χ1v) is 4.61. The zero-order valence-electron chi connectivity index (χ0n) is 8.84. The first-order valence-electron chi connectivity index (χ1n) is 4.61. The molecule has 8 heteroatoms. The molecule has 1 rings (SSSR count). The summed E-state index contributed by atoms with van der Waals surface area (Å²) in [5, 5.41) is 28.2. The molecule has 0 aromatic carbocycles. The molecule has 17 heavy (non-hydrogen) atoms. The van der Waals surface area contributed by atoms with Gasteiger partial charge in [-0.2, -0.15) is 0 Å². The van der Waals surface area contributed by atoms with Gasteiger partial charge in [0.05, 0.1) is 11.3 Å². The van der Waals surface area contributed by atoms with E-state index in [1.54, 1.807) is 0 Å². The van der Waals surface area contributed by atoms with Crippen molar-refractivity contribution in [2.75, 3.05) is 0 Å². The maximum atomic E-state index is 10.9. The topological polar surface area (TPSA) is 134 Å². The minimum absolute atomic E-state index is 0.192. The average molecular weight is 242 g/mol. The van der Waals surface area contributed by atoms with Crippen LogP contribution in [0.4, 0.5) is 5.69 Å². The fraction of sp³-hybridized carbons (Fsp3) is 0.333. The highest BCUT2D eigenvalue weighted by Gasteiger charge is 2.32. The summed E-state index contributed by atoms with van der Waals surface area (Å²) in [6.07, 6.45) is 0.571. The predicted octanol–water partition coefficient (Wildman–Crippen LogP) is 0.874. The van der Waals surface area contributed by atoms with Gasteiger partial charge in [0.15, 0.2) is 0 Å². The van der Waals surface area contributed by atoms with Gasteiger partial charge in [-0.3, -0.25) is 19.7 Å². The standard InChI is InChI=1S/C9H10N2O6/c1-4-3-10-7(8(4)11(16)17)5(9(14)15)2-6(12)13/h3,5,10H,2H2,1H3,(H,12,13)(H,14,15). The van der Waals surface area contributed by atoms with E-state index in [0.717, 1.165) is 0 Å². The molecule has 0 saturated carbocycles. The minimum atomic E-state index is -1.46. The van der Waals surface area contributed by atoms with Gasteiger partial charge in [0.1, 0.15) is 11.6 Å². The van der Waals surface area contributed by atoms with Gasteiger partial charge in [0.25, 0.3) is 5.69 Å². The highest BCUT2D eigenvalue weighted by atomic mass is 16.6. The molecule has 92 valence electrons. The van der Waals surface area contributed by atoms with E-state index < -0.39 is 29.2 Å². The van der Waals surface area contributed by atoms with Crippen LogP contribution in [-0.4, -0.2) is 32.1 Å². The highest BCUT2D eigenvalue weighted by Crippen LogP contribution is 2.31. The number of rotatable bonds is 5. The van der Waals surface area contributed by atoms with Crippen LogP contribution in [0.25, 0.3) is 0 Å². The number of nitrogens with zero attached hydrogens (tertiary/aromatic N) is 1. The Morgan fingerprint density at radius 2 is 2.12 bits per heavy atom. The molecule has 1 heterocycles. The minimum Gasteiger partial charge on any atom is -0.481 e. The van der Waals surface area contributed by atoms with Gasteiger partial charge < -0.3 is 15.2 Å². The Morgan fingerprint density at radius 1 is 1.53 bits per heavy atom. The molecule has 0 saturated heterocycles. The number of H-pyrrole nitrogens is 1. The van der Waals surface area contributed by atoms with Crippen LogP contribution in [0.15, 0.2) is 6.20 Å². The zero-order chi connectivity index (χ0) is 13.2. The molecule has 8 nitrogen and oxygen atoms in total. The molecule has 3 N–H and O–H groups in total. The van der Waals surface area contributed by atoms with Gasteiger partial charge in [-0.05, 0) is 6.92 Å². The van der Waals surface area contributed by atoms with Crippen molar-refractivity contribution >= 4 is 17.6 Å². The molecule has 1 aromatic rings. The maximum Gasteiger partial charge on any atom is 0.313 e. The highest BCUT2D eigenvalue weighted by molar-refractivity contribution is 5.83. The summed E-state index contributed by atoms with van der Waals surface area (Å²) in [6, 6.07) is 0. The number of carbonyl (C=O) groups is 2. The summed E-state index contributed by atoms with van der Waals surface area (Å²) in [5.41, 5.74) is -0.303. The second-order valence-corrected chi connectivity index (χ2v) is 3.48. The van der Waals surface area contributed by atoms with E-state index in [4.69, 9.17) is 10.2 Å². The number of carboxylic acid groups (broad SMARTS) is 2. The Labute approximate surface area is 95.0 Å². The van der Waals surface area contributed by atoms with Gasteiger partial charge in [-0.1, -0.05) is 0 Å². The van der Waals surface area contributed by atoms with Crippen LogP contribution in [0.5, 0.6) is 0 Å². The van der Waals surface area contributed by atoms with Crippen LogP contribution >= 0.6 is 0 Å². The fourth-order valence-electron chi connectivity index (χ4n) is 1.53. The number of aromatic nitrogens is 1. The number of hydrogen-bond acceptors (Lipinski definition) is 4. The van der Waals surface area contributed by atoms with E-state index >= 15 is 0 Å². The predicted molar refractivity (Wildman–Crippen MR) is 54.8 cm³/mol. The Morgan fingerprint density at radius 3 is 2.53 bits per heavy atom. The van der Waals surface area contributed by atoms with Crippen molar-refractivity contribution in [1.82, 2.24) is 4.98 Å². The SMILES string of the molecule is Cc1c[nH]c(C(CC(=O)O)C(=O)O)c1[N+](=O)[O-]. The zero-order valence-corrected chi connectivity index (χ0v) is 8.84. The lowest BCUT2D eigenvalue weighted by Crippen LogP contribution is -2.17. The summed E-state index contributed by atoms with van der Waals surface area (Å²) in [7, 11) is 0. The average Bonchev–Trinajstić information content (AvgIpc) is 2.55. The molecule has 0 aliphatic carbocycles. The van der Waals surface area contributed by atoms with Crippen LogP contribution < -0.4 is 0 Å². The van der Waals surface area contributed by atoms with Crippen molar-refractivity contribution in [3.05, 3.63) is 27.6 Å². The number of nitrogens with one attached hydrogen (secondary N) is 1. The van der Waals surface area contributed by atoms with Crippen molar-refractivity contribution < 1.29 is 24.7 Å². The van der Waals surface area contributed by atoms with E-state index in [2.05, 4.69) is 4.98 Å². The molecule has 1 unspecified atom stereocenters. The number of nitro groups is 1. The monoisotopic (exact) mass is 242 g/mol. The molecule has 0 amide bonds. The molecule has 0 spiro atoms. The molecule has 0 aliphatic rings. The van der Waals surface area contributed by atoms with E-state index in [1.807, 2.05) is 0 Å². The number of hydrogen-bond donors (Lipinski definition) is 3. The third-order valence-corrected chi connectivity index (χ3v) is 2.28. The largest absolute Gasteiger partial charge is 0.481 e. The molecule has 0 bridgehead atoms. The lowest BCUT2D eigenvalue weighted by molar-refractivity contribution is -0.386. The van der Waals surface area contributed by atoms with Gasteiger partial charge >= 0.3 is 11.9 Å². The van der Waals surface area contributed by atoms with Crippen LogP contribution in [0.2, 0.25) is 0 Å². The second kappa shape index (κ2) is 4.64. The van der Waals surface area contributed by atoms with Crippen molar-refractivity contribution in [3.63, 3.8) is 0 Å². The first-order chi connectivity index (χ1) is 7.84. The van der Waals surface area contributed by atoms with Crippen LogP contribution in [-0.2, 0) is 9.59 Å². The Hall–Kier alpha value is -2.38. The number of aromatic amines is 1. The van der Waals surface area contributed by atoms with E-state index in [9.17, 15) is 19.7 Å². The third-order valence-electron chi connectivity index (χ3n) is 2.28. The molecular formula is C9H10N2O6. The van der Waals surface area contributed by atoms with Crippen molar-refractivity contribution in [2.24, 2.45) is 0 Å². The third kappa shape index (κ3) is 2.60. The van der Waals surface area contributed by atoms with Crippen molar-refractivity contribution in [3.8, 4) is 0 Å². The molecular weight excluding hydrogens is 232 g/mol. The van der Waals surface area contributed by atoms with Crippen LogP contribution in [0.1, 0.15) is 23.6 Å². The molecule has 0 radical (unpaired) electrons. The van der Waals surface area contributed by atoms with Gasteiger partial charge in [-0.25, -0.2) is 0 Å². The fourth-order valence-corrected chi connectivity index (χ4v) is 1.53. The molecule has 1 atom stereocenters. The second-order valence-electron chi connectivity index (χ2n) is 3.48. The molecule has 0 fully saturated rings. The Balaban J connectivity index is 3.23. The van der Waals surface area contributed by atoms with E-state index in [1.165, 1.54) is 13.1 Å². The van der Waals surface area contributed by atoms with Crippen LogP contribution in [0, 0.1) is 17.0 Å².